The zero-order valence-electron chi connectivity index (χ0n) is 9.94. The molecule has 0 bridgehead atoms. The third kappa shape index (κ3) is 2.56. The fourth-order valence-corrected chi connectivity index (χ4v) is 1.97. The number of likely N-dealkylation sites (N-methyl/N-ethyl adjacent to an activating group) is 1. The summed E-state index contributed by atoms with van der Waals surface area (Å²) < 4.78 is 0. The maximum atomic E-state index is 5.95. The van der Waals surface area contributed by atoms with E-state index in [1.54, 1.807) is 6.33 Å². The van der Waals surface area contributed by atoms with Gasteiger partial charge in [-0.15, -0.1) is 0 Å². The summed E-state index contributed by atoms with van der Waals surface area (Å²) in [5.41, 5.74) is 1.95. The molecule has 0 radical (unpaired) electrons. The van der Waals surface area contributed by atoms with Gasteiger partial charge in [0.25, 0.3) is 0 Å². The molecule has 0 aliphatic rings. The van der Waals surface area contributed by atoms with Gasteiger partial charge in [0.15, 0.2) is 0 Å². The number of anilines is 1. The van der Waals surface area contributed by atoms with Crippen LogP contribution in [0.25, 0.3) is 10.9 Å². The van der Waals surface area contributed by atoms with Crippen LogP contribution in [0.2, 0.25) is 5.02 Å². The first-order valence-corrected chi connectivity index (χ1v) is 5.71. The molecule has 0 N–H and O–H groups in total. The molecule has 0 fully saturated rings. The van der Waals surface area contributed by atoms with Gasteiger partial charge in [-0.25, -0.2) is 9.97 Å². The zero-order chi connectivity index (χ0) is 12.4. The van der Waals surface area contributed by atoms with Crippen molar-refractivity contribution in [2.75, 3.05) is 18.5 Å². The van der Waals surface area contributed by atoms with Crippen molar-refractivity contribution in [3.8, 4) is 0 Å². The normalized spacial score (nSPS) is 10.5. The fraction of sp³-hybridized carbons (Fsp3) is 0.231. The minimum Gasteiger partial charge on any atom is -0.355 e. The van der Waals surface area contributed by atoms with Gasteiger partial charge < -0.3 is 4.90 Å². The van der Waals surface area contributed by atoms with E-state index in [4.69, 9.17) is 11.6 Å². The highest BCUT2D eigenvalue weighted by molar-refractivity contribution is 6.31. The van der Waals surface area contributed by atoms with Gasteiger partial charge in [0.05, 0.1) is 5.52 Å². The van der Waals surface area contributed by atoms with E-state index in [9.17, 15) is 0 Å². The Morgan fingerprint density at radius 3 is 2.88 bits per heavy atom. The van der Waals surface area contributed by atoms with Crippen LogP contribution in [0.1, 0.15) is 6.92 Å². The minimum absolute atomic E-state index is 0.685. The number of fused-ring (bicyclic) bond motifs is 1. The van der Waals surface area contributed by atoms with Crippen molar-refractivity contribution in [2.24, 2.45) is 0 Å². The summed E-state index contributed by atoms with van der Waals surface area (Å²) in [7, 11) is 1.99. The minimum atomic E-state index is 0.685. The van der Waals surface area contributed by atoms with E-state index in [1.165, 1.54) is 0 Å². The number of rotatable bonds is 3. The van der Waals surface area contributed by atoms with Gasteiger partial charge in [0, 0.05) is 24.0 Å². The molecule has 4 heteroatoms. The van der Waals surface area contributed by atoms with Crippen molar-refractivity contribution in [1.29, 1.82) is 0 Å². The second-order valence-corrected chi connectivity index (χ2v) is 4.61. The first kappa shape index (κ1) is 11.9. The molecule has 0 aliphatic heterocycles. The largest absolute Gasteiger partial charge is 0.355 e. The SMILES string of the molecule is C=C(C)CN(C)c1ncnc2cc(Cl)ccc12. The van der Waals surface area contributed by atoms with Crippen LogP contribution in [-0.4, -0.2) is 23.6 Å². The molecule has 0 amide bonds. The van der Waals surface area contributed by atoms with Gasteiger partial charge in [0.2, 0.25) is 0 Å². The average molecular weight is 248 g/mol. The number of nitrogens with zero attached hydrogens (tertiary/aromatic N) is 3. The molecule has 0 saturated carbocycles. The van der Waals surface area contributed by atoms with Gasteiger partial charge >= 0.3 is 0 Å². The lowest BCUT2D eigenvalue weighted by molar-refractivity contribution is 0.955. The molecule has 2 rings (SSSR count). The Hall–Kier alpha value is -1.61. The Bertz CT molecular complexity index is 566. The lowest BCUT2D eigenvalue weighted by atomic mass is 10.2. The van der Waals surface area contributed by atoms with Crippen molar-refractivity contribution >= 4 is 28.3 Å². The van der Waals surface area contributed by atoms with Gasteiger partial charge in [-0.05, 0) is 25.1 Å². The highest BCUT2D eigenvalue weighted by Gasteiger charge is 2.08. The quantitative estimate of drug-likeness (QED) is 0.780. The number of aromatic nitrogens is 2. The summed E-state index contributed by atoms with van der Waals surface area (Å²) >= 11 is 5.95. The third-order valence-electron chi connectivity index (χ3n) is 2.45. The average Bonchev–Trinajstić information content (AvgIpc) is 2.26. The van der Waals surface area contributed by atoms with E-state index in [2.05, 4.69) is 21.4 Å². The highest BCUT2D eigenvalue weighted by Crippen LogP contribution is 2.24. The summed E-state index contributed by atoms with van der Waals surface area (Å²) in [6.07, 6.45) is 1.56. The maximum absolute atomic E-state index is 5.95. The van der Waals surface area contributed by atoms with E-state index < -0.39 is 0 Å². The molecule has 0 atom stereocenters. The van der Waals surface area contributed by atoms with Gasteiger partial charge in [-0.2, -0.15) is 0 Å². The van der Waals surface area contributed by atoms with Crippen LogP contribution in [0.5, 0.6) is 0 Å². The molecule has 17 heavy (non-hydrogen) atoms. The number of hydrogen-bond donors (Lipinski definition) is 0. The molecule has 0 spiro atoms. The molecular formula is C13H14ClN3. The van der Waals surface area contributed by atoms with E-state index in [0.717, 1.165) is 28.8 Å². The predicted molar refractivity (Wildman–Crippen MR) is 72.6 cm³/mol. The fourth-order valence-electron chi connectivity index (χ4n) is 1.80. The smallest absolute Gasteiger partial charge is 0.139 e. The van der Waals surface area contributed by atoms with Crippen LogP contribution in [0.4, 0.5) is 5.82 Å². The molecule has 0 unspecified atom stereocenters. The number of hydrogen-bond acceptors (Lipinski definition) is 3. The molecule has 1 aromatic carbocycles. The molecule has 88 valence electrons. The molecule has 0 aliphatic carbocycles. The van der Waals surface area contributed by atoms with Crippen LogP contribution < -0.4 is 4.90 Å². The van der Waals surface area contributed by atoms with Crippen molar-refractivity contribution in [2.45, 2.75) is 6.92 Å². The molecule has 1 aromatic heterocycles. The monoisotopic (exact) mass is 247 g/mol. The van der Waals surface area contributed by atoms with Crippen molar-refractivity contribution < 1.29 is 0 Å². The Balaban J connectivity index is 2.50. The van der Waals surface area contributed by atoms with Gasteiger partial charge in [-0.3, -0.25) is 0 Å². The second kappa shape index (κ2) is 4.72. The molecule has 3 nitrogen and oxygen atoms in total. The van der Waals surface area contributed by atoms with Crippen LogP contribution in [0.3, 0.4) is 0 Å². The predicted octanol–water partition coefficient (Wildman–Crippen LogP) is 3.30. The van der Waals surface area contributed by atoms with E-state index >= 15 is 0 Å². The summed E-state index contributed by atoms with van der Waals surface area (Å²) in [6, 6.07) is 5.64. The molecule has 2 aromatic rings. The zero-order valence-corrected chi connectivity index (χ0v) is 10.7. The molecule has 0 saturated heterocycles. The maximum Gasteiger partial charge on any atom is 0.139 e. The van der Waals surface area contributed by atoms with Gasteiger partial charge in [0.1, 0.15) is 12.1 Å². The van der Waals surface area contributed by atoms with E-state index in [0.29, 0.717) is 5.02 Å². The van der Waals surface area contributed by atoms with Crippen LogP contribution in [0.15, 0.2) is 36.7 Å². The first-order chi connectivity index (χ1) is 8.08. The van der Waals surface area contributed by atoms with Crippen molar-refractivity contribution in [1.82, 2.24) is 9.97 Å². The third-order valence-corrected chi connectivity index (χ3v) is 2.68. The standard InChI is InChI=1S/C13H14ClN3/c1-9(2)7-17(3)13-11-5-4-10(14)6-12(11)15-8-16-13/h4-6,8H,1,7H2,2-3H3. The molecular weight excluding hydrogens is 234 g/mol. The van der Waals surface area contributed by atoms with Crippen LogP contribution >= 0.6 is 11.6 Å². The second-order valence-electron chi connectivity index (χ2n) is 4.17. The number of halogens is 1. The first-order valence-electron chi connectivity index (χ1n) is 5.33. The summed E-state index contributed by atoms with van der Waals surface area (Å²) in [6.45, 7) is 6.68. The summed E-state index contributed by atoms with van der Waals surface area (Å²) in [4.78, 5) is 10.6. The van der Waals surface area contributed by atoms with Crippen molar-refractivity contribution in [3.63, 3.8) is 0 Å². The summed E-state index contributed by atoms with van der Waals surface area (Å²) in [5, 5.41) is 1.69. The Labute approximate surface area is 106 Å². The Kier molecular flexibility index (Phi) is 3.29. The topological polar surface area (TPSA) is 29.0 Å². The lowest BCUT2D eigenvalue weighted by Gasteiger charge is -2.19. The van der Waals surface area contributed by atoms with Gasteiger partial charge in [-0.1, -0.05) is 23.8 Å². The molecule has 1 heterocycles. The Morgan fingerprint density at radius 1 is 1.41 bits per heavy atom. The highest BCUT2D eigenvalue weighted by atomic mass is 35.5. The van der Waals surface area contributed by atoms with Crippen LogP contribution in [-0.2, 0) is 0 Å². The van der Waals surface area contributed by atoms with E-state index in [-0.39, 0.29) is 0 Å². The summed E-state index contributed by atoms with van der Waals surface area (Å²) in [5.74, 6) is 0.898. The number of benzene rings is 1. The lowest BCUT2D eigenvalue weighted by Crippen LogP contribution is -2.20. The van der Waals surface area contributed by atoms with Crippen molar-refractivity contribution in [3.05, 3.63) is 41.7 Å². The Morgan fingerprint density at radius 2 is 2.18 bits per heavy atom. The van der Waals surface area contributed by atoms with E-state index in [1.807, 2.05) is 32.2 Å². The van der Waals surface area contributed by atoms with Crippen LogP contribution in [0, 0.1) is 0 Å².